The average molecular weight is 456 g/mol. The topological polar surface area (TPSA) is 114 Å². The van der Waals surface area contributed by atoms with Gasteiger partial charge in [0.05, 0.1) is 6.54 Å². The molecule has 1 fully saturated rings. The molecule has 2 amide bonds. The normalized spacial score (nSPS) is 19.2. The van der Waals surface area contributed by atoms with E-state index in [1.54, 1.807) is 25.3 Å². The molecule has 1 aromatic heterocycles. The first-order valence-electron chi connectivity index (χ1n) is 10.7. The number of nitrogens with zero attached hydrogens (tertiary/aromatic N) is 2. The highest BCUT2D eigenvalue weighted by Crippen LogP contribution is 2.15. The third-order valence-electron chi connectivity index (χ3n) is 5.25. The summed E-state index contributed by atoms with van der Waals surface area (Å²) >= 11 is 0. The van der Waals surface area contributed by atoms with Crippen molar-refractivity contribution in [3.63, 3.8) is 0 Å². The minimum Gasteiger partial charge on any atom is -0.493 e. The van der Waals surface area contributed by atoms with Gasteiger partial charge < -0.3 is 29.3 Å². The minimum atomic E-state index is -1.00. The fraction of sp³-hybridized carbons (Fsp3) is 0.375. The molecule has 2 aromatic rings. The highest BCUT2D eigenvalue weighted by atomic mass is 16.6. The molecule has 2 N–H and O–H groups in total. The maximum Gasteiger partial charge on any atom is 0.274 e. The molecule has 1 aliphatic rings. The maximum atomic E-state index is 12.7. The second-order valence-electron chi connectivity index (χ2n) is 7.69. The summed E-state index contributed by atoms with van der Waals surface area (Å²) in [5, 5.41) is 16.4. The Bertz CT molecular complexity index is 1010. The number of hydrogen-bond acceptors (Lipinski definition) is 7. The second-order valence-corrected chi connectivity index (χ2v) is 7.69. The van der Waals surface area contributed by atoms with Gasteiger partial charge in [-0.1, -0.05) is 48.5 Å². The van der Waals surface area contributed by atoms with Crippen LogP contribution in [0.15, 0.2) is 64.4 Å². The molecule has 3 rings (SSSR count). The molecular weight excluding hydrogens is 426 g/mol. The van der Waals surface area contributed by atoms with E-state index in [0.29, 0.717) is 29.9 Å². The van der Waals surface area contributed by atoms with E-state index in [-0.39, 0.29) is 24.8 Å². The molecule has 0 saturated carbocycles. The number of aliphatic hydroxyl groups is 1. The van der Waals surface area contributed by atoms with Crippen molar-refractivity contribution in [2.24, 2.45) is 0 Å². The number of carbonyl (C=O) groups excluding carboxylic acids is 2. The van der Waals surface area contributed by atoms with E-state index in [0.717, 1.165) is 5.56 Å². The van der Waals surface area contributed by atoms with Crippen molar-refractivity contribution in [1.29, 1.82) is 0 Å². The van der Waals surface area contributed by atoms with E-state index < -0.39 is 18.2 Å². The summed E-state index contributed by atoms with van der Waals surface area (Å²) in [6.07, 6.45) is 3.51. The third-order valence-corrected chi connectivity index (χ3v) is 5.25. The van der Waals surface area contributed by atoms with Crippen molar-refractivity contribution < 1.29 is 28.7 Å². The molecule has 0 bridgehead atoms. The van der Waals surface area contributed by atoms with E-state index >= 15 is 0 Å². The zero-order valence-electron chi connectivity index (χ0n) is 19.0. The monoisotopic (exact) mass is 455 g/mol. The molecule has 1 saturated heterocycles. The number of aromatic nitrogens is 1. The molecule has 2 atom stereocenters. The van der Waals surface area contributed by atoms with E-state index in [2.05, 4.69) is 10.5 Å². The summed E-state index contributed by atoms with van der Waals surface area (Å²) in [6.45, 7) is 2.10. The summed E-state index contributed by atoms with van der Waals surface area (Å²) in [5.74, 6) is 0.283. The molecule has 33 heavy (non-hydrogen) atoms. The third kappa shape index (κ3) is 6.53. The molecule has 9 nitrogen and oxygen atoms in total. The number of ether oxygens (including phenoxy) is 2. The van der Waals surface area contributed by atoms with E-state index in [1.165, 1.54) is 12.0 Å². The van der Waals surface area contributed by atoms with Crippen LogP contribution in [0, 0.1) is 0 Å². The minimum absolute atomic E-state index is 0.0302. The molecule has 1 aromatic carbocycles. The Morgan fingerprint density at radius 2 is 2.15 bits per heavy atom. The smallest absolute Gasteiger partial charge is 0.274 e. The maximum absolute atomic E-state index is 12.7. The Hall–Kier alpha value is -3.43. The van der Waals surface area contributed by atoms with Gasteiger partial charge in [-0.25, -0.2) is 0 Å². The van der Waals surface area contributed by atoms with Gasteiger partial charge in [0.2, 0.25) is 5.91 Å². The van der Waals surface area contributed by atoms with Crippen LogP contribution < -0.4 is 5.32 Å². The number of benzene rings is 1. The lowest BCUT2D eigenvalue weighted by atomic mass is 10.1. The van der Waals surface area contributed by atoms with Crippen LogP contribution in [0.25, 0.3) is 0 Å². The standard InChI is InChI=1S/C24H29N3O6/c1-4-17(24(30)31-3)10-11-18-14-27(2)23(29)21(15-32-18)25-22(28)20-13-19(33-26-20)12-16-8-6-5-7-9-16/h5-11,13,21,24,30H,4,12,14-15H2,1-3H3,(H,25,28)/b17-10+,18-11+/t21-,24?/m0/s1. The summed E-state index contributed by atoms with van der Waals surface area (Å²) in [5.41, 5.74) is 1.81. The molecule has 0 radical (unpaired) electrons. The molecule has 2 heterocycles. The molecule has 0 aliphatic carbocycles. The second kappa shape index (κ2) is 11.4. The van der Waals surface area contributed by atoms with Gasteiger partial charge in [-0.05, 0) is 23.6 Å². The lowest BCUT2D eigenvalue weighted by Crippen LogP contribution is -2.48. The summed E-state index contributed by atoms with van der Waals surface area (Å²) < 4.78 is 16.0. The van der Waals surface area contributed by atoms with Gasteiger partial charge in [0, 0.05) is 26.6 Å². The lowest BCUT2D eigenvalue weighted by Gasteiger charge is -2.18. The van der Waals surface area contributed by atoms with E-state index in [9.17, 15) is 14.7 Å². The Balaban J connectivity index is 1.64. The van der Waals surface area contributed by atoms with Crippen molar-refractivity contribution in [2.45, 2.75) is 32.1 Å². The molecule has 1 unspecified atom stereocenters. The number of rotatable bonds is 8. The average Bonchev–Trinajstić information content (AvgIpc) is 3.25. The SMILES string of the molecule is CC/C(=C\C=C1/CN(C)C(=O)[C@@H](NC(=O)c2cc(Cc3ccccc3)on2)CO1)C(O)OC. The number of likely N-dealkylation sites (N-methyl/N-ethyl adjacent to an activating group) is 1. The van der Waals surface area contributed by atoms with Gasteiger partial charge >= 0.3 is 0 Å². The van der Waals surface area contributed by atoms with Crippen LogP contribution in [0.3, 0.4) is 0 Å². The van der Waals surface area contributed by atoms with Crippen molar-refractivity contribution >= 4 is 11.8 Å². The van der Waals surface area contributed by atoms with Crippen LogP contribution in [0.1, 0.15) is 35.2 Å². The van der Waals surface area contributed by atoms with E-state index in [4.69, 9.17) is 14.0 Å². The summed E-state index contributed by atoms with van der Waals surface area (Å²) in [7, 11) is 3.05. The van der Waals surface area contributed by atoms with Gasteiger partial charge in [0.1, 0.15) is 24.2 Å². The number of amides is 2. The van der Waals surface area contributed by atoms with Gasteiger partial charge in [0.15, 0.2) is 12.0 Å². The molecular formula is C24H29N3O6. The number of allylic oxidation sites excluding steroid dienone is 2. The Morgan fingerprint density at radius 1 is 1.39 bits per heavy atom. The lowest BCUT2D eigenvalue weighted by molar-refractivity contribution is -0.131. The van der Waals surface area contributed by atoms with Crippen LogP contribution in [-0.2, 0) is 20.7 Å². The Morgan fingerprint density at radius 3 is 2.85 bits per heavy atom. The Kier molecular flexibility index (Phi) is 8.39. The number of carbonyl (C=O) groups is 2. The zero-order valence-corrected chi connectivity index (χ0v) is 19.0. The predicted molar refractivity (Wildman–Crippen MR) is 120 cm³/mol. The van der Waals surface area contributed by atoms with Gasteiger partial charge in [0.25, 0.3) is 5.91 Å². The number of aliphatic hydroxyl groups excluding tert-OH is 1. The first-order valence-corrected chi connectivity index (χ1v) is 10.7. The van der Waals surface area contributed by atoms with Crippen LogP contribution in [-0.4, -0.2) is 66.6 Å². The van der Waals surface area contributed by atoms with Crippen LogP contribution >= 0.6 is 0 Å². The molecule has 176 valence electrons. The van der Waals surface area contributed by atoms with Crippen LogP contribution in [0.4, 0.5) is 0 Å². The van der Waals surface area contributed by atoms with Crippen molar-refractivity contribution in [2.75, 3.05) is 27.3 Å². The van der Waals surface area contributed by atoms with Gasteiger partial charge in [-0.3, -0.25) is 9.59 Å². The van der Waals surface area contributed by atoms with Crippen molar-refractivity contribution in [3.05, 3.63) is 76.9 Å². The highest BCUT2D eigenvalue weighted by Gasteiger charge is 2.30. The predicted octanol–water partition coefficient (Wildman–Crippen LogP) is 2.04. The quantitative estimate of drug-likeness (QED) is 0.586. The van der Waals surface area contributed by atoms with Gasteiger partial charge in [-0.15, -0.1) is 0 Å². The first kappa shape index (κ1) is 24.2. The fourth-order valence-electron chi connectivity index (χ4n) is 3.35. The van der Waals surface area contributed by atoms with E-state index in [1.807, 2.05) is 37.3 Å². The number of methoxy groups -OCH3 is 1. The fourth-order valence-corrected chi connectivity index (χ4v) is 3.35. The first-order chi connectivity index (χ1) is 15.9. The van der Waals surface area contributed by atoms with Crippen LogP contribution in [0.2, 0.25) is 0 Å². The number of hydrogen-bond donors (Lipinski definition) is 2. The molecule has 0 spiro atoms. The molecule has 9 heteroatoms. The Labute approximate surface area is 192 Å². The summed E-state index contributed by atoms with van der Waals surface area (Å²) in [6, 6.07) is 10.4. The zero-order chi connectivity index (χ0) is 23.8. The van der Waals surface area contributed by atoms with Crippen molar-refractivity contribution in [1.82, 2.24) is 15.4 Å². The van der Waals surface area contributed by atoms with Crippen LogP contribution in [0.5, 0.6) is 0 Å². The summed E-state index contributed by atoms with van der Waals surface area (Å²) in [4.78, 5) is 26.9. The molecule has 1 aliphatic heterocycles. The number of nitrogens with one attached hydrogen (secondary N) is 1. The highest BCUT2D eigenvalue weighted by molar-refractivity contribution is 5.96. The van der Waals surface area contributed by atoms with Gasteiger partial charge in [-0.2, -0.15) is 0 Å². The van der Waals surface area contributed by atoms with Crippen molar-refractivity contribution in [3.8, 4) is 0 Å². The largest absolute Gasteiger partial charge is 0.493 e.